The van der Waals surface area contributed by atoms with E-state index in [2.05, 4.69) is 10.2 Å². The summed E-state index contributed by atoms with van der Waals surface area (Å²) in [5.41, 5.74) is 0.669. The van der Waals surface area contributed by atoms with Gasteiger partial charge in [0.05, 0.1) is 5.56 Å². The lowest BCUT2D eigenvalue weighted by Gasteiger charge is -2.32. The van der Waals surface area contributed by atoms with Gasteiger partial charge in [0.25, 0.3) is 5.91 Å². The molecule has 2 heterocycles. The van der Waals surface area contributed by atoms with Crippen LogP contribution in [0.4, 0.5) is 0 Å². The van der Waals surface area contributed by atoms with Crippen LogP contribution in [0, 0.1) is 13.8 Å². The number of piperidine rings is 1. The SMILES string of the molecule is Cc1cc(=O)oc(C)c1C(=O)NC1CCN(CCOc2ccc(Cl)cc2)CC1. The van der Waals surface area contributed by atoms with E-state index in [0.29, 0.717) is 28.5 Å². The first-order valence-corrected chi connectivity index (χ1v) is 9.83. The summed E-state index contributed by atoms with van der Waals surface area (Å²) < 4.78 is 10.8. The molecule has 0 saturated carbocycles. The Balaban J connectivity index is 1.43. The highest BCUT2D eigenvalue weighted by molar-refractivity contribution is 6.30. The Morgan fingerprint density at radius 3 is 2.57 bits per heavy atom. The first kappa shape index (κ1) is 20.4. The summed E-state index contributed by atoms with van der Waals surface area (Å²) >= 11 is 5.87. The number of nitrogens with zero attached hydrogens (tertiary/aromatic N) is 1. The molecule has 0 unspecified atom stereocenters. The standard InChI is InChI=1S/C21H25ClN2O4/c1-14-13-19(25)28-15(2)20(14)21(26)23-17-7-9-24(10-8-17)11-12-27-18-5-3-16(22)4-6-18/h3-6,13,17H,7-12H2,1-2H3,(H,23,26). The van der Waals surface area contributed by atoms with E-state index < -0.39 is 5.63 Å². The lowest BCUT2D eigenvalue weighted by Crippen LogP contribution is -2.45. The van der Waals surface area contributed by atoms with Crippen LogP contribution >= 0.6 is 11.6 Å². The fourth-order valence-electron chi connectivity index (χ4n) is 3.48. The minimum Gasteiger partial charge on any atom is -0.492 e. The van der Waals surface area contributed by atoms with Gasteiger partial charge in [-0.25, -0.2) is 4.79 Å². The van der Waals surface area contributed by atoms with E-state index in [-0.39, 0.29) is 11.9 Å². The first-order chi connectivity index (χ1) is 13.4. The van der Waals surface area contributed by atoms with Crippen molar-refractivity contribution in [2.45, 2.75) is 32.7 Å². The minimum absolute atomic E-state index is 0.117. The van der Waals surface area contributed by atoms with Gasteiger partial charge >= 0.3 is 5.63 Å². The van der Waals surface area contributed by atoms with Crippen LogP contribution in [-0.4, -0.2) is 43.1 Å². The van der Waals surface area contributed by atoms with Crippen LogP contribution in [0.5, 0.6) is 5.75 Å². The van der Waals surface area contributed by atoms with Crippen molar-refractivity contribution in [3.05, 3.63) is 62.7 Å². The number of aryl methyl sites for hydroxylation is 2. The fraction of sp³-hybridized carbons (Fsp3) is 0.429. The van der Waals surface area contributed by atoms with Crippen molar-refractivity contribution in [2.24, 2.45) is 0 Å². The Kier molecular flexibility index (Phi) is 6.75. The average molecular weight is 405 g/mol. The van der Waals surface area contributed by atoms with Crippen LogP contribution in [0.2, 0.25) is 5.02 Å². The van der Waals surface area contributed by atoms with Gasteiger partial charge in [0.15, 0.2) is 0 Å². The Morgan fingerprint density at radius 2 is 1.93 bits per heavy atom. The molecule has 1 aromatic carbocycles. The van der Waals surface area contributed by atoms with E-state index in [9.17, 15) is 9.59 Å². The molecular formula is C21H25ClN2O4. The molecule has 1 aliphatic rings. The molecule has 1 saturated heterocycles. The van der Waals surface area contributed by atoms with Crippen molar-refractivity contribution in [1.29, 1.82) is 0 Å². The van der Waals surface area contributed by atoms with Gasteiger partial charge in [0.1, 0.15) is 18.1 Å². The molecule has 0 atom stereocenters. The Labute approximate surface area is 169 Å². The quantitative estimate of drug-likeness (QED) is 0.800. The minimum atomic E-state index is -0.430. The molecule has 1 amide bonds. The smallest absolute Gasteiger partial charge is 0.336 e. The maximum absolute atomic E-state index is 12.6. The number of ether oxygens (including phenoxy) is 1. The first-order valence-electron chi connectivity index (χ1n) is 9.45. The highest BCUT2D eigenvalue weighted by atomic mass is 35.5. The molecule has 2 aromatic rings. The molecule has 1 fully saturated rings. The second-order valence-corrected chi connectivity index (χ2v) is 7.51. The zero-order valence-corrected chi connectivity index (χ0v) is 16.9. The number of hydrogen-bond donors (Lipinski definition) is 1. The van der Waals surface area contributed by atoms with Crippen molar-refractivity contribution >= 4 is 17.5 Å². The van der Waals surface area contributed by atoms with E-state index in [1.165, 1.54) is 6.07 Å². The molecule has 1 aliphatic heterocycles. The number of hydrogen-bond acceptors (Lipinski definition) is 5. The molecule has 0 aliphatic carbocycles. The largest absolute Gasteiger partial charge is 0.492 e. The number of benzene rings is 1. The molecule has 1 N–H and O–H groups in total. The lowest BCUT2D eigenvalue weighted by atomic mass is 10.0. The van der Waals surface area contributed by atoms with Crippen molar-refractivity contribution in [3.63, 3.8) is 0 Å². The number of carbonyl (C=O) groups excluding carboxylic acids is 1. The summed E-state index contributed by atoms with van der Waals surface area (Å²) in [5.74, 6) is 0.995. The molecule has 0 radical (unpaired) electrons. The third kappa shape index (κ3) is 5.36. The summed E-state index contributed by atoms with van der Waals surface area (Å²) in [6.07, 6.45) is 1.75. The summed E-state index contributed by atoms with van der Waals surface area (Å²) in [4.78, 5) is 26.3. The summed E-state index contributed by atoms with van der Waals surface area (Å²) in [6.45, 7) is 6.65. The number of likely N-dealkylation sites (tertiary alicyclic amines) is 1. The summed E-state index contributed by atoms with van der Waals surface area (Å²) in [5, 5.41) is 3.77. The summed E-state index contributed by atoms with van der Waals surface area (Å²) in [6, 6.07) is 8.82. The monoisotopic (exact) mass is 404 g/mol. The van der Waals surface area contributed by atoms with Gasteiger partial charge in [-0.1, -0.05) is 11.6 Å². The molecule has 0 spiro atoms. The van der Waals surface area contributed by atoms with Crippen LogP contribution in [0.3, 0.4) is 0 Å². The Bertz CT molecular complexity index is 845. The van der Waals surface area contributed by atoms with Crippen LogP contribution in [0.25, 0.3) is 0 Å². The predicted octanol–water partition coefficient (Wildman–Crippen LogP) is 3.18. The van der Waals surface area contributed by atoms with Gasteiger partial charge in [0.2, 0.25) is 0 Å². The normalized spacial score (nSPS) is 15.4. The number of rotatable bonds is 6. The van der Waals surface area contributed by atoms with E-state index in [0.717, 1.165) is 38.2 Å². The molecular weight excluding hydrogens is 380 g/mol. The third-order valence-electron chi connectivity index (χ3n) is 4.97. The van der Waals surface area contributed by atoms with Gasteiger partial charge in [-0.3, -0.25) is 9.69 Å². The van der Waals surface area contributed by atoms with E-state index >= 15 is 0 Å². The van der Waals surface area contributed by atoms with E-state index in [1.807, 2.05) is 24.3 Å². The molecule has 1 aromatic heterocycles. The highest BCUT2D eigenvalue weighted by Crippen LogP contribution is 2.17. The maximum atomic E-state index is 12.6. The molecule has 7 heteroatoms. The van der Waals surface area contributed by atoms with Gasteiger partial charge in [-0.15, -0.1) is 0 Å². The molecule has 150 valence electrons. The van der Waals surface area contributed by atoms with Crippen LogP contribution in [0.15, 0.2) is 39.5 Å². The zero-order chi connectivity index (χ0) is 20.1. The van der Waals surface area contributed by atoms with Gasteiger partial charge in [0, 0.05) is 36.8 Å². The number of halogens is 1. The molecule has 6 nitrogen and oxygen atoms in total. The van der Waals surface area contributed by atoms with Crippen LogP contribution < -0.4 is 15.7 Å². The molecule has 28 heavy (non-hydrogen) atoms. The molecule has 3 rings (SSSR count). The predicted molar refractivity (Wildman–Crippen MR) is 108 cm³/mol. The Morgan fingerprint density at radius 1 is 1.25 bits per heavy atom. The number of amides is 1. The maximum Gasteiger partial charge on any atom is 0.336 e. The summed E-state index contributed by atoms with van der Waals surface area (Å²) in [7, 11) is 0. The van der Waals surface area contributed by atoms with Gasteiger partial charge in [-0.05, 0) is 56.5 Å². The molecule has 0 bridgehead atoms. The van der Waals surface area contributed by atoms with Crippen molar-refractivity contribution < 1.29 is 13.9 Å². The average Bonchev–Trinajstić information content (AvgIpc) is 2.64. The number of carbonyl (C=O) groups is 1. The second kappa shape index (κ2) is 9.26. The highest BCUT2D eigenvalue weighted by Gasteiger charge is 2.23. The second-order valence-electron chi connectivity index (χ2n) is 7.07. The van der Waals surface area contributed by atoms with Crippen molar-refractivity contribution in [2.75, 3.05) is 26.2 Å². The van der Waals surface area contributed by atoms with Crippen LogP contribution in [-0.2, 0) is 0 Å². The van der Waals surface area contributed by atoms with E-state index in [1.54, 1.807) is 13.8 Å². The van der Waals surface area contributed by atoms with Crippen molar-refractivity contribution in [1.82, 2.24) is 10.2 Å². The van der Waals surface area contributed by atoms with Gasteiger partial charge in [-0.2, -0.15) is 0 Å². The van der Waals surface area contributed by atoms with Crippen molar-refractivity contribution in [3.8, 4) is 5.75 Å². The fourth-order valence-corrected chi connectivity index (χ4v) is 3.60. The lowest BCUT2D eigenvalue weighted by molar-refractivity contribution is 0.0901. The Hall–Kier alpha value is -2.31. The topological polar surface area (TPSA) is 71.8 Å². The van der Waals surface area contributed by atoms with E-state index in [4.69, 9.17) is 20.8 Å². The third-order valence-corrected chi connectivity index (χ3v) is 5.23. The number of nitrogens with one attached hydrogen (secondary N) is 1. The zero-order valence-electron chi connectivity index (χ0n) is 16.2. The van der Waals surface area contributed by atoms with Gasteiger partial charge < -0.3 is 14.5 Å². The van der Waals surface area contributed by atoms with Crippen LogP contribution in [0.1, 0.15) is 34.5 Å².